The molecule has 1 aliphatic rings. The van der Waals surface area contributed by atoms with Crippen molar-refractivity contribution in [2.75, 3.05) is 36.2 Å². The van der Waals surface area contributed by atoms with E-state index in [0.717, 1.165) is 60.2 Å². The number of fused-ring (bicyclic) bond motifs is 1. The molecule has 4 rings (SSSR count). The Morgan fingerprint density at radius 2 is 1.85 bits per heavy atom. The summed E-state index contributed by atoms with van der Waals surface area (Å²) >= 11 is 11.6. The zero-order valence-corrected chi connectivity index (χ0v) is 20.9. The molecule has 1 fully saturated rings. The summed E-state index contributed by atoms with van der Waals surface area (Å²) in [6.45, 7) is 2.91. The van der Waals surface area contributed by atoms with Crippen molar-refractivity contribution in [3.63, 3.8) is 0 Å². The summed E-state index contributed by atoms with van der Waals surface area (Å²) in [5.74, 6) is 2.25. The summed E-state index contributed by atoms with van der Waals surface area (Å²) < 4.78 is 0. The van der Waals surface area contributed by atoms with Crippen molar-refractivity contribution in [3.05, 3.63) is 53.1 Å². The number of para-hydroxylation sites is 1. The highest BCUT2D eigenvalue weighted by Crippen LogP contribution is 2.28. The van der Waals surface area contributed by atoms with Crippen LogP contribution in [0.2, 0.25) is 5.02 Å². The molecular weight excluding hydrogens is 452 g/mol. The number of hydrogen-bond donors (Lipinski definition) is 3. The Balaban J connectivity index is 1.28. The van der Waals surface area contributed by atoms with Gasteiger partial charge in [0.15, 0.2) is 5.11 Å². The number of nitrogens with one attached hydrogen (secondary N) is 3. The summed E-state index contributed by atoms with van der Waals surface area (Å²) in [5, 5.41) is 12.6. The first-order valence-corrected chi connectivity index (χ1v) is 12.2. The van der Waals surface area contributed by atoms with E-state index in [1.54, 1.807) is 0 Å². The Bertz CT molecular complexity index is 1130. The van der Waals surface area contributed by atoms with Crippen LogP contribution in [0.3, 0.4) is 0 Å². The highest BCUT2D eigenvalue weighted by atomic mass is 35.5. The first kappa shape index (κ1) is 23.5. The summed E-state index contributed by atoms with van der Waals surface area (Å²) in [5.41, 5.74) is 3.02. The van der Waals surface area contributed by atoms with Crippen molar-refractivity contribution < 1.29 is 0 Å². The molecule has 1 saturated carbocycles. The predicted octanol–water partition coefficient (Wildman–Crippen LogP) is 5.61. The minimum Gasteiger partial charge on any atom is -0.362 e. The van der Waals surface area contributed by atoms with Crippen molar-refractivity contribution in [1.29, 1.82) is 0 Å². The molecule has 3 N–H and O–H groups in total. The number of thiocarbonyl (C=S) groups is 1. The molecule has 33 heavy (non-hydrogen) atoms. The van der Waals surface area contributed by atoms with E-state index in [4.69, 9.17) is 33.8 Å². The van der Waals surface area contributed by atoms with Crippen LogP contribution in [-0.4, -0.2) is 41.8 Å². The Hall–Kier alpha value is -2.64. The maximum Gasteiger partial charge on any atom is 0.225 e. The van der Waals surface area contributed by atoms with Gasteiger partial charge in [0.25, 0.3) is 0 Å². The van der Waals surface area contributed by atoms with Gasteiger partial charge in [-0.15, -0.1) is 0 Å². The standard InChI is InChI=1S/C25H31ClN6S/c1-16-8-11-18(26)14-22(16)30-25(33)27-15-17-9-12-19(13-10-17)28-24-29-21-7-5-4-6-20(21)23(31-24)32(2)3/h4-8,11,14,17,19H,9-10,12-13,15H2,1-3H3,(H2,27,30,33)(H,28,29,31)/t17-,19+. The van der Waals surface area contributed by atoms with Crippen LogP contribution < -0.4 is 20.9 Å². The number of aryl methyl sites for hydroxylation is 1. The fourth-order valence-corrected chi connectivity index (χ4v) is 4.66. The van der Waals surface area contributed by atoms with Crippen LogP contribution in [0.25, 0.3) is 10.9 Å². The van der Waals surface area contributed by atoms with Crippen LogP contribution in [-0.2, 0) is 0 Å². The van der Waals surface area contributed by atoms with Gasteiger partial charge in [-0.05, 0) is 80.6 Å². The van der Waals surface area contributed by atoms with E-state index >= 15 is 0 Å². The lowest BCUT2D eigenvalue weighted by molar-refractivity contribution is 0.336. The SMILES string of the molecule is Cc1ccc(Cl)cc1NC(=S)NC[C@H]1CC[C@@H](Nc2nc(N(C)C)c3ccccc3n2)CC1. The van der Waals surface area contributed by atoms with Gasteiger partial charge in [-0.2, -0.15) is 4.98 Å². The average molecular weight is 483 g/mol. The molecule has 0 unspecified atom stereocenters. The second-order valence-electron chi connectivity index (χ2n) is 8.94. The van der Waals surface area contributed by atoms with Crippen LogP contribution in [0.15, 0.2) is 42.5 Å². The monoisotopic (exact) mass is 482 g/mol. The second kappa shape index (κ2) is 10.5. The quantitative estimate of drug-likeness (QED) is 0.394. The first-order chi connectivity index (χ1) is 15.9. The van der Waals surface area contributed by atoms with E-state index in [1.165, 1.54) is 0 Å². The van der Waals surface area contributed by atoms with Gasteiger partial charge in [-0.25, -0.2) is 4.98 Å². The highest BCUT2D eigenvalue weighted by Gasteiger charge is 2.22. The summed E-state index contributed by atoms with van der Waals surface area (Å²) in [6, 6.07) is 14.3. The van der Waals surface area contributed by atoms with Crippen LogP contribution >= 0.6 is 23.8 Å². The normalized spacial score (nSPS) is 18.1. The predicted molar refractivity (Wildman–Crippen MR) is 144 cm³/mol. The Morgan fingerprint density at radius 1 is 1.09 bits per heavy atom. The number of aromatic nitrogens is 2. The Kier molecular flexibility index (Phi) is 7.50. The van der Waals surface area contributed by atoms with Gasteiger partial charge < -0.3 is 20.9 Å². The van der Waals surface area contributed by atoms with Gasteiger partial charge in [0, 0.05) is 42.8 Å². The van der Waals surface area contributed by atoms with Crippen molar-refractivity contribution in [3.8, 4) is 0 Å². The Labute approximate surface area is 206 Å². The van der Waals surface area contributed by atoms with Crippen molar-refractivity contribution in [2.24, 2.45) is 5.92 Å². The number of halogens is 1. The molecule has 0 radical (unpaired) electrons. The third kappa shape index (κ3) is 6.03. The number of rotatable bonds is 6. The third-order valence-corrected chi connectivity index (χ3v) is 6.67. The largest absolute Gasteiger partial charge is 0.362 e. The molecule has 8 heteroatoms. The molecule has 1 heterocycles. The van der Waals surface area contributed by atoms with Gasteiger partial charge in [-0.3, -0.25) is 0 Å². The molecular formula is C25H31ClN6S. The molecule has 174 valence electrons. The van der Waals surface area contributed by atoms with Gasteiger partial charge >= 0.3 is 0 Å². The van der Waals surface area contributed by atoms with E-state index in [1.807, 2.05) is 62.3 Å². The Morgan fingerprint density at radius 3 is 2.61 bits per heavy atom. The molecule has 0 aliphatic heterocycles. The third-order valence-electron chi connectivity index (χ3n) is 6.19. The molecule has 1 aliphatic carbocycles. The molecule has 0 bridgehead atoms. The molecule has 1 aromatic heterocycles. The molecule has 6 nitrogen and oxygen atoms in total. The fraction of sp³-hybridized carbons (Fsp3) is 0.400. The lowest BCUT2D eigenvalue weighted by Gasteiger charge is -2.30. The lowest BCUT2D eigenvalue weighted by atomic mass is 9.86. The van der Waals surface area contributed by atoms with Crippen molar-refractivity contribution in [1.82, 2.24) is 15.3 Å². The van der Waals surface area contributed by atoms with Crippen LogP contribution in [0.5, 0.6) is 0 Å². The molecule has 0 spiro atoms. The minimum atomic E-state index is 0.386. The molecule has 0 atom stereocenters. The zero-order chi connectivity index (χ0) is 23.4. The lowest BCUT2D eigenvalue weighted by Crippen LogP contribution is -2.36. The fourth-order valence-electron chi connectivity index (χ4n) is 4.29. The first-order valence-electron chi connectivity index (χ1n) is 11.4. The van der Waals surface area contributed by atoms with E-state index in [2.05, 4.69) is 22.0 Å². The molecule has 0 saturated heterocycles. The maximum atomic E-state index is 6.10. The van der Waals surface area contributed by atoms with E-state index < -0.39 is 0 Å². The van der Waals surface area contributed by atoms with Crippen LogP contribution in [0, 0.1) is 12.8 Å². The van der Waals surface area contributed by atoms with E-state index in [-0.39, 0.29) is 0 Å². The second-order valence-corrected chi connectivity index (χ2v) is 9.78. The van der Waals surface area contributed by atoms with Gasteiger partial charge in [0.1, 0.15) is 5.82 Å². The summed E-state index contributed by atoms with van der Waals surface area (Å²) in [7, 11) is 4.04. The number of anilines is 3. The van der Waals surface area contributed by atoms with Crippen LogP contribution in [0.1, 0.15) is 31.2 Å². The van der Waals surface area contributed by atoms with Gasteiger partial charge in [-0.1, -0.05) is 29.8 Å². The van der Waals surface area contributed by atoms with Crippen molar-refractivity contribution >= 4 is 57.3 Å². The number of nitrogens with zero attached hydrogens (tertiary/aromatic N) is 3. The average Bonchev–Trinajstić information content (AvgIpc) is 2.80. The van der Waals surface area contributed by atoms with E-state index in [9.17, 15) is 0 Å². The zero-order valence-electron chi connectivity index (χ0n) is 19.4. The maximum absolute atomic E-state index is 6.10. The summed E-state index contributed by atoms with van der Waals surface area (Å²) in [6.07, 6.45) is 4.45. The highest BCUT2D eigenvalue weighted by molar-refractivity contribution is 7.80. The van der Waals surface area contributed by atoms with E-state index in [0.29, 0.717) is 28.0 Å². The number of benzene rings is 2. The van der Waals surface area contributed by atoms with Crippen LogP contribution in [0.4, 0.5) is 17.5 Å². The summed E-state index contributed by atoms with van der Waals surface area (Å²) in [4.78, 5) is 11.6. The van der Waals surface area contributed by atoms with Crippen molar-refractivity contribution in [2.45, 2.75) is 38.6 Å². The molecule has 0 amide bonds. The molecule has 2 aromatic carbocycles. The molecule has 3 aromatic rings. The minimum absolute atomic E-state index is 0.386. The topological polar surface area (TPSA) is 65.1 Å². The number of hydrogen-bond acceptors (Lipinski definition) is 5. The van der Waals surface area contributed by atoms with Gasteiger partial charge in [0.05, 0.1) is 5.52 Å². The van der Waals surface area contributed by atoms with Gasteiger partial charge in [0.2, 0.25) is 5.95 Å². The smallest absolute Gasteiger partial charge is 0.225 e.